The van der Waals surface area contributed by atoms with E-state index in [0.717, 1.165) is 18.9 Å². The van der Waals surface area contributed by atoms with Crippen LogP contribution in [0, 0.1) is 17.2 Å². The topological polar surface area (TPSA) is 52.9 Å². The number of unbranched alkanes of at least 4 members (excludes halogenated alkanes) is 3. The molecule has 0 saturated heterocycles. The summed E-state index contributed by atoms with van der Waals surface area (Å²) in [6.45, 7) is 5.22. The van der Waals surface area contributed by atoms with Crippen molar-refractivity contribution >= 4 is 5.91 Å². The summed E-state index contributed by atoms with van der Waals surface area (Å²) in [6.07, 6.45) is 6.00. The first-order valence-electron chi connectivity index (χ1n) is 7.42. The van der Waals surface area contributed by atoms with Crippen LogP contribution in [0.2, 0.25) is 0 Å². The van der Waals surface area contributed by atoms with Crippen molar-refractivity contribution in [1.29, 1.82) is 5.26 Å². The molecule has 0 aliphatic carbocycles. The van der Waals surface area contributed by atoms with Gasteiger partial charge in [-0.15, -0.1) is 0 Å². The fourth-order valence-corrected chi connectivity index (χ4v) is 2.03. The molecule has 0 aromatic heterocycles. The Morgan fingerprint density at radius 2 is 1.80 bits per heavy atom. The Kier molecular flexibility index (Phi) is 7.42. The predicted octanol–water partition coefficient (Wildman–Crippen LogP) is 3.89. The number of hydrogen-bond donors (Lipinski definition) is 1. The lowest BCUT2D eigenvalue weighted by atomic mass is 10.0. The van der Waals surface area contributed by atoms with Gasteiger partial charge in [-0.2, -0.15) is 5.26 Å². The van der Waals surface area contributed by atoms with Crippen molar-refractivity contribution in [1.82, 2.24) is 5.32 Å². The molecule has 0 radical (unpaired) electrons. The van der Waals surface area contributed by atoms with Crippen LogP contribution in [0.25, 0.3) is 0 Å². The van der Waals surface area contributed by atoms with E-state index in [-0.39, 0.29) is 5.91 Å². The summed E-state index contributed by atoms with van der Waals surface area (Å²) < 4.78 is 0. The summed E-state index contributed by atoms with van der Waals surface area (Å²) in [6, 6.07) is 8.76. The van der Waals surface area contributed by atoms with Crippen LogP contribution in [0.15, 0.2) is 24.3 Å². The summed E-state index contributed by atoms with van der Waals surface area (Å²) in [5, 5.41) is 11.6. The van der Waals surface area contributed by atoms with Gasteiger partial charge in [-0.1, -0.05) is 39.5 Å². The minimum Gasteiger partial charge on any atom is -0.352 e. The molecule has 0 atom stereocenters. The maximum absolute atomic E-state index is 11.8. The van der Waals surface area contributed by atoms with Gasteiger partial charge in [0.15, 0.2) is 0 Å². The van der Waals surface area contributed by atoms with Gasteiger partial charge in [0.2, 0.25) is 0 Å². The second-order valence-electron chi connectivity index (χ2n) is 5.54. The molecule has 0 unspecified atom stereocenters. The van der Waals surface area contributed by atoms with E-state index in [9.17, 15) is 4.79 Å². The van der Waals surface area contributed by atoms with Crippen LogP contribution in [0.1, 0.15) is 61.9 Å². The van der Waals surface area contributed by atoms with Crippen molar-refractivity contribution < 1.29 is 4.79 Å². The van der Waals surface area contributed by atoms with E-state index in [4.69, 9.17) is 5.26 Å². The summed E-state index contributed by atoms with van der Waals surface area (Å²) >= 11 is 0. The highest BCUT2D eigenvalue weighted by Crippen LogP contribution is 2.09. The highest BCUT2D eigenvalue weighted by atomic mass is 16.1. The van der Waals surface area contributed by atoms with E-state index in [2.05, 4.69) is 19.2 Å². The molecule has 1 aromatic rings. The third-order valence-corrected chi connectivity index (χ3v) is 3.27. The van der Waals surface area contributed by atoms with Gasteiger partial charge >= 0.3 is 0 Å². The lowest BCUT2D eigenvalue weighted by molar-refractivity contribution is 0.0953. The number of nitrogens with one attached hydrogen (secondary N) is 1. The van der Waals surface area contributed by atoms with Gasteiger partial charge in [-0.25, -0.2) is 0 Å². The number of amides is 1. The molecule has 1 N–H and O–H groups in total. The molecule has 0 aliphatic rings. The van der Waals surface area contributed by atoms with E-state index in [1.54, 1.807) is 24.3 Å². The highest BCUT2D eigenvalue weighted by Gasteiger charge is 2.04. The quantitative estimate of drug-likeness (QED) is 0.730. The van der Waals surface area contributed by atoms with Crippen molar-refractivity contribution in [2.24, 2.45) is 5.92 Å². The maximum Gasteiger partial charge on any atom is 0.251 e. The predicted molar refractivity (Wildman–Crippen MR) is 81.4 cm³/mol. The molecule has 0 aliphatic heterocycles. The van der Waals surface area contributed by atoms with Crippen LogP contribution < -0.4 is 5.32 Å². The van der Waals surface area contributed by atoms with Crippen molar-refractivity contribution in [3.8, 4) is 6.07 Å². The van der Waals surface area contributed by atoms with E-state index in [0.29, 0.717) is 11.1 Å². The zero-order chi connectivity index (χ0) is 14.8. The fourth-order valence-electron chi connectivity index (χ4n) is 2.03. The van der Waals surface area contributed by atoms with Crippen molar-refractivity contribution in [2.45, 2.75) is 46.0 Å². The molecule has 1 amide bonds. The SMILES string of the molecule is CC(C)CCCCCCNC(=O)c1ccc(C#N)cc1. The van der Waals surface area contributed by atoms with Crippen LogP contribution in [-0.4, -0.2) is 12.5 Å². The normalized spacial score (nSPS) is 10.3. The first-order valence-corrected chi connectivity index (χ1v) is 7.42. The number of carbonyl (C=O) groups excluding carboxylic acids is 1. The molecular weight excluding hydrogens is 248 g/mol. The Balaban J connectivity index is 2.15. The van der Waals surface area contributed by atoms with E-state index >= 15 is 0 Å². The molecule has 3 heteroatoms. The molecule has 1 aromatic carbocycles. The maximum atomic E-state index is 11.8. The summed E-state index contributed by atoms with van der Waals surface area (Å²) in [5.41, 5.74) is 1.19. The number of hydrogen-bond acceptors (Lipinski definition) is 2. The minimum absolute atomic E-state index is 0.0586. The zero-order valence-corrected chi connectivity index (χ0v) is 12.5. The van der Waals surface area contributed by atoms with Crippen LogP contribution in [0.3, 0.4) is 0 Å². The Labute approximate surface area is 122 Å². The molecule has 0 heterocycles. The summed E-state index contributed by atoms with van der Waals surface area (Å²) in [4.78, 5) is 11.8. The zero-order valence-electron chi connectivity index (χ0n) is 12.5. The molecule has 108 valence electrons. The van der Waals surface area contributed by atoms with Crippen LogP contribution in [-0.2, 0) is 0 Å². The van der Waals surface area contributed by atoms with E-state index in [1.165, 1.54) is 25.7 Å². The van der Waals surface area contributed by atoms with Crippen molar-refractivity contribution in [3.05, 3.63) is 35.4 Å². The van der Waals surface area contributed by atoms with Crippen molar-refractivity contribution in [2.75, 3.05) is 6.54 Å². The third kappa shape index (κ3) is 6.38. The Hall–Kier alpha value is -1.82. The minimum atomic E-state index is -0.0586. The lowest BCUT2D eigenvalue weighted by Gasteiger charge is -2.06. The first-order chi connectivity index (χ1) is 9.63. The molecular formula is C17H24N2O. The lowest BCUT2D eigenvalue weighted by Crippen LogP contribution is -2.24. The molecule has 0 fully saturated rings. The average Bonchev–Trinajstić information content (AvgIpc) is 2.45. The number of benzene rings is 1. The van der Waals surface area contributed by atoms with Crippen molar-refractivity contribution in [3.63, 3.8) is 0 Å². The van der Waals surface area contributed by atoms with Crippen LogP contribution in [0.4, 0.5) is 0 Å². The van der Waals surface area contributed by atoms with Gasteiger partial charge in [-0.3, -0.25) is 4.79 Å². The number of nitrogens with zero attached hydrogens (tertiary/aromatic N) is 1. The molecule has 20 heavy (non-hydrogen) atoms. The molecule has 0 bridgehead atoms. The Morgan fingerprint density at radius 1 is 1.15 bits per heavy atom. The molecule has 3 nitrogen and oxygen atoms in total. The number of nitriles is 1. The standard InChI is InChI=1S/C17H24N2O/c1-14(2)7-5-3-4-6-12-19-17(20)16-10-8-15(13-18)9-11-16/h8-11,14H,3-7,12H2,1-2H3,(H,19,20). The Morgan fingerprint density at radius 3 is 2.40 bits per heavy atom. The van der Waals surface area contributed by atoms with Gasteiger partial charge in [-0.05, 0) is 36.6 Å². The number of carbonyl (C=O) groups is 1. The van der Waals surface area contributed by atoms with Gasteiger partial charge in [0, 0.05) is 12.1 Å². The van der Waals surface area contributed by atoms with E-state index < -0.39 is 0 Å². The third-order valence-electron chi connectivity index (χ3n) is 3.27. The summed E-state index contributed by atoms with van der Waals surface area (Å²) in [5.74, 6) is 0.725. The Bertz CT molecular complexity index is 443. The number of rotatable bonds is 8. The monoisotopic (exact) mass is 272 g/mol. The highest BCUT2D eigenvalue weighted by molar-refractivity contribution is 5.94. The average molecular weight is 272 g/mol. The smallest absolute Gasteiger partial charge is 0.251 e. The second-order valence-corrected chi connectivity index (χ2v) is 5.54. The fraction of sp³-hybridized carbons (Fsp3) is 0.529. The summed E-state index contributed by atoms with van der Waals surface area (Å²) in [7, 11) is 0. The van der Waals surface area contributed by atoms with Gasteiger partial charge < -0.3 is 5.32 Å². The van der Waals surface area contributed by atoms with Gasteiger partial charge in [0.05, 0.1) is 11.6 Å². The first kappa shape index (κ1) is 16.2. The van der Waals surface area contributed by atoms with E-state index in [1.807, 2.05) is 6.07 Å². The van der Waals surface area contributed by atoms with Crippen LogP contribution >= 0.6 is 0 Å². The molecule has 1 rings (SSSR count). The van der Waals surface area contributed by atoms with Gasteiger partial charge in [0.25, 0.3) is 5.91 Å². The largest absolute Gasteiger partial charge is 0.352 e. The van der Waals surface area contributed by atoms with Crippen LogP contribution in [0.5, 0.6) is 0 Å². The molecule has 0 saturated carbocycles. The molecule has 0 spiro atoms. The second kappa shape index (κ2) is 9.14. The van der Waals surface area contributed by atoms with Gasteiger partial charge in [0.1, 0.15) is 0 Å².